The minimum Gasteiger partial charge on any atom is -0.393 e. The molecule has 2 N–H and O–H groups in total. The number of benzene rings is 1. The highest BCUT2D eigenvalue weighted by Crippen LogP contribution is 2.36. The lowest BCUT2D eigenvalue weighted by atomic mass is 9.75. The van der Waals surface area contributed by atoms with E-state index in [2.05, 4.69) is 36.5 Å². The maximum Gasteiger partial charge on any atom is 0.0512 e. The molecule has 1 atom stereocenters. The fourth-order valence-electron chi connectivity index (χ4n) is 2.68. The van der Waals surface area contributed by atoms with Crippen LogP contribution in [0.25, 0.3) is 0 Å². The molecule has 1 aromatic rings. The molecule has 0 spiro atoms. The number of aliphatic hydroxyl groups excluding tert-OH is 1. The van der Waals surface area contributed by atoms with Crippen molar-refractivity contribution in [1.82, 2.24) is 5.32 Å². The molecule has 1 aliphatic rings. The highest BCUT2D eigenvalue weighted by atomic mass is 16.3. The van der Waals surface area contributed by atoms with Crippen LogP contribution in [-0.2, 0) is 0 Å². The van der Waals surface area contributed by atoms with Crippen molar-refractivity contribution >= 4 is 0 Å². The van der Waals surface area contributed by atoms with Gasteiger partial charge in [-0.25, -0.2) is 0 Å². The molecule has 2 heteroatoms. The normalized spacial score (nSPS) is 24.6. The highest BCUT2D eigenvalue weighted by molar-refractivity contribution is 5.27. The molecule has 0 radical (unpaired) electrons. The van der Waals surface area contributed by atoms with Crippen molar-refractivity contribution in [1.29, 1.82) is 0 Å². The van der Waals surface area contributed by atoms with Gasteiger partial charge in [-0.2, -0.15) is 0 Å². The third kappa shape index (κ3) is 3.82. The number of nitrogens with one attached hydrogen (secondary N) is 1. The van der Waals surface area contributed by atoms with E-state index < -0.39 is 0 Å². The Morgan fingerprint density at radius 1 is 1.39 bits per heavy atom. The zero-order valence-corrected chi connectivity index (χ0v) is 11.5. The van der Waals surface area contributed by atoms with Crippen molar-refractivity contribution in [2.24, 2.45) is 0 Å². The lowest BCUT2D eigenvalue weighted by Gasteiger charge is -2.36. The molecule has 0 bridgehead atoms. The average Bonchev–Trinajstić information content (AvgIpc) is 2.25. The largest absolute Gasteiger partial charge is 0.393 e. The third-order valence-electron chi connectivity index (χ3n) is 3.88. The van der Waals surface area contributed by atoms with Crippen LogP contribution in [0.4, 0.5) is 0 Å². The molecule has 2 nitrogen and oxygen atoms in total. The maximum absolute atomic E-state index is 9.18. The zero-order chi connectivity index (χ0) is 13.0. The average molecular weight is 247 g/mol. The summed E-state index contributed by atoms with van der Waals surface area (Å²) in [6, 6.07) is 9.57. The van der Waals surface area contributed by atoms with Gasteiger partial charge in [-0.15, -0.1) is 0 Å². The Kier molecular flexibility index (Phi) is 4.79. The van der Waals surface area contributed by atoms with Crippen molar-refractivity contribution in [3.63, 3.8) is 0 Å². The summed E-state index contributed by atoms with van der Waals surface area (Å²) in [6.45, 7) is 5.06. The molecule has 1 aromatic carbocycles. The second kappa shape index (κ2) is 6.35. The highest BCUT2D eigenvalue weighted by Gasteiger charge is 2.29. The number of hydrogen-bond donors (Lipinski definition) is 2. The van der Waals surface area contributed by atoms with Gasteiger partial charge < -0.3 is 10.4 Å². The SMILES string of the molecule is Cc1cccc(C2CC(NCCCC(C)O)C2)c1. The first-order valence-corrected chi connectivity index (χ1v) is 7.13. The molecule has 0 aliphatic heterocycles. The smallest absolute Gasteiger partial charge is 0.0512 e. The van der Waals surface area contributed by atoms with Gasteiger partial charge in [-0.1, -0.05) is 29.8 Å². The predicted molar refractivity (Wildman–Crippen MR) is 75.9 cm³/mol. The Hall–Kier alpha value is -0.860. The second-order valence-electron chi connectivity index (χ2n) is 5.72. The quantitative estimate of drug-likeness (QED) is 0.757. The number of aryl methyl sites for hydroxylation is 1. The maximum atomic E-state index is 9.18. The van der Waals surface area contributed by atoms with E-state index in [0.29, 0.717) is 6.04 Å². The van der Waals surface area contributed by atoms with E-state index in [1.807, 2.05) is 6.92 Å². The van der Waals surface area contributed by atoms with Gasteiger partial charge in [-0.05, 0) is 57.6 Å². The van der Waals surface area contributed by atoms with E-state index in [4.69, 9.17) is 0 Å². The summed E-state index contributed by atoms with van der Waals surface area (Å²) in [5.41, 5.74) is 2.86. The van der Waals surface area contributed by atoms with Gasteiger partial charge in [0.15, 0.2) is 0 Å². The summed E-state index contributed by atoms with van der Waals surface area (Å²) >= 11 is 0. The molecule has 0 heterocycles. The van der Waals surface area contributed by atoms with E-state index in [1.165, 1.54) is 24.0 Å². The van der Waals surface area contributed by atoms with Crippen LogP contribution in [0.2, 0.25) is 0 Å². The van der Waals surface area contributed by atoms with Crippen LogP contribution in [0.5, 0.6) is 0 Å². The van der Waals surface area contributed by atoms with Gasteiger partial charge in [0.05, 0.1) is 6.10 Å². The van der Waals surface area contributed by atoms with Crippen molar-refractivity contribution in [2.45, 2.75) is 57.6 Å². The lowest BCUT2D eigenvalue weighted by Crippen LogP contribution is -2.40. The van der Waals surface area contributed by atoms with Crippen LogP contribution in [0.1, 0.15) is 49.7 Å². The topological polar surface area (TPSA) is 32.3 Å². The molecular weight excluding hydrogens is 222 g/mol. The van der Waals surface area contributed by atoms with Gasteiger partial charge in [0.2, 0.25) is 0 Å². The summed E-state index contributed by atoms with van der Waals surface area (Å²) in [4.78, 5) is 0. The Morgan fingerprint density at radius 3 is 2.83 bits per heavy atom. The van der Waals surface area contributed by atoms with E-state index in [1.54, 1.807) is 0 Å². The fraction of sp³-hybridized carbons (Fsp3) is 0.625. The van der Waals surface area contributed by atoms with Crippen molar-refractivity contribution < 1.29 is 5.11 Å². The summed E-state index contributed by atoms with van der Waals surface area (Å²) in [5.74, 6) is 0.749. The molecular formula is C16H25NO. The molecule has 0 amide bonds. The van der Waals surface area contributed by atoms with E-state index in [-0.39, 0.29) is 6.10 Å². The van der Waals surface area contributed by atoms with Crippen LogP contribution in [-0.4, -0.2) is 23.8 Å². The Morgan fingerprint density at radius 2 is 2.17 bits per heavy atom. The molecule has 1 aliphatic carbocycles. The van der Waals surface area contributed by atoms with Gasteiger partial charge in [0.1, 0.15) is 0 Å². The lowest BCUT2D eigenvalue weighted by molar-refractivity contribution is 0.179. The van der Waals surface area contributed by atoms with Crippen molar-refractivity contribution in [2.75, 3.05) is 6.54 Å². The molecule has 1 unspecified atom stereocenters. The van der Waals surface area contributed by atoms with Crippen LogP contribution < -0.4 is 5.32 Å². The van der Waals surface area contributed by atoms with E-state index in [0.717, 1.165) is 25.3 Å². The van der Waals surface area contributed by atoms with Gasteiger partial charge in [0, 0.05) is 6.04 Å². The Balaban J connectivity index is 1.65. The molecule has 1 fully saturated rings. The van der Waals surface area contributed by atoms with Crippen LogP contribution in [0, 0.1) is 6.92 Å². The minimum absolute atomic E-state index is 0.159. The molecule has 0 saturated heterocycles. The van der Waals surface area contributed by atoms with E-state index in [9.17, 15) is 5.11 Å². The number of hydrogen-bond acceptors (Lipinski definition) is 2. The van der Waals surface area contributed by atoms with Gasteiger partial charge in [-0.3, -0.25) is 0 Å². The second-order valence-corrected chi connectivity index (χ2v) is 5.72. The van der Waals surface area contributed by atoms with Crippen molar-refractivity contribution in [3.8, 4) is 0 Å². The van der Waals surface area contributed by atoms with E-state index >= 15 is 0 Å². The molecule has 18 heavy (non-hydrogen) atoms. The molecule has 1 saturated carbocycles. The molecule has 0 aromatic heterocycles. The zero-order valence-electron chi connectivity index (χ0n) is 11.5. The number of rotatable bonds is 6. The first-order chi connectivity index (χ1) is 8.65. The summed E-state index contributed by atoms with van der Waals surface area (Å²) in [6.07, 6.45) is 4.34. The summed E-state index contributed by atoms with van der Waals surface area (Å²) in [7, 11) is 0. The molecule has 100 valence electrons. The van der Waals surface area contributed by atoms with Crippen LogP contribution >= 0.6 is 0 Å². The monoisotopic (exact) mass is 247 g/mol. The minimum atomic E-state index is -0.159. The first-order valence-electron chi connectivity index (χ1n) is 7.13. The summed E-state index contributed by atoms with van der Waals surface area (Å²) < 4.78 is 0. The van der Waals surface area contributed by atoms with Crippen LogP contribution in [0.3, 0.4) is 0 Å². The molecule has 2 rings (SSSR count). The standard InChI is InChI=1S/C16H25NO/c1-12-5-3-7-14(9-12)15-10-16(11-15)17-8-4-6-13(2)18/h3,5,7,9,13,15-18H,4,6,8,10-11H2,1-2H3. The Bertz CT molecular complexity index is 369. The van der Waals surface area contributed by atoms with Gasteiger partial charge >= 0.3 is 0 Å². The van der Waals surface area contributed by atoms with Crippen LogP contribution in [0.15, 0.2) is 24.3 Å². The summed E-state index contributed by atoms with van der Waals surface area (Å²) in [5, 5.41) is 12.8. The third-order valence-corrected chi connectivity index (χ3v) is 3.88. The predicted octanol–water partition coefficient (Wildman–Crippen LogP) is 2.99. The number of aliphatic hydroxyl groups is 1. The fourth-order valence-corrected chi connectivity index (χ4v) is 2.68. The Labute approximate surface area is 110 Å². The first kappa shape index (κ1) is 13.6. The van der Waals surface area contributed by atoms with Gasteiger partial charge in [0.25, 0.3) is 0 Å². The van der Waals surface area contributed by atoms with Crippen molar-refractivity contribution in [3.05, 3.63) is 35.4 Å².